The van der Waals surface area contributed by atoms with E-state index in [-0.39, 0.29) is 0 Å². The van der Waals surface area contributed by atoms with Crippen LogP contribution >= 0.6 is 0 Å². The zero-order chi connectivity index (χ0) is 12.5. The molecule has 1 atom stereocenters. The topological polar surface area (TPSA) is 28.2 Å². The van der Waals surface area contributed by atoms with E-state index in [1.54, 1.807) is 0 Å². The minimum Gasteiger partial charge on any atom is -0.368 e. The molecule has 0 saturated carbocycles. The Morgan fingerprint density at radius 2 is 2.17 bits per heavy atom. The van der Waals surface area contributed by atoms with Gasteiger partial charge in [0, 0.05) is 42.4 Å². The van der Waals surface area contributed by atoms with Crippen LogP contribution in [0.4, 0.5) is 5.69 Å². The quantitative estimate of drug-likeness (QED) is 0.830. The maximum atomic E-state index is 4.61. The number of hydrogen-bond acceptors (Lipinski definition) is 3. The summed E-state index contributed by atoms with van der Waals surface area (Å²) in [5.74, 6) is 0. The Morgan fingerprint density at radius 1 is 1.33 bits per heavy atom. The van der Waals surface area contributed by atoms with Gasteiger partial charge in [-0.1, -0.05) is 18.2 Å². The van der Waals surface area contributed by atoms with Crippen molar-refractivity contribution in [3.63, 3.8) is 0 Å². The molecule has 1 N–H and O–H groups in total. The van der Waals surface area contributed by atoms with Crippen LogP contribution in [0.25, 0.3) is 10.9 Å². The van der Waals surface area contributed by atoms with Crippen molar-refractivity contribution in [2.75, 3.05) is 24.5 Å². The second kappa shape index (κ2) is 4.58. The van der Waals surface area contributed by atoms with Crippen molar-refractivity contribution >= 4 is 16.6 Å². The number of fused-ring (bicyclic) bond motifs is 1. The van der Waals surface area contributed by atoms with E-state index in [0.29, 0.717) is 6.04 Å². The maximum Gasteiger partial charge on any atom is 0.0726 e. The minimum absolute atomic E-state index is 0.547. The van der Waals surface area contributed by atoms with Crippen molar-refractivity contribution in [3.05, 3.63) is 36.0 Å². The summed E-state index contributed by atoms with van der Waals surface area (Å²) >= 11 is 0. The summed E-state index contributed by atoms with van der Waals surface area (Å²) in [4.78, 5) is 7.08. The van der Waals surface area contributed by atoms with Gasteiger partial charge >= 0.3 is 0 Å². The minimum atomic E-state index is 0.547. The van der Waals surface area contributed by atoms with Crippen molar-refractivity contribution < 1.29 is 0 Å². The van der Waals surface area contributed by atoms with Crippen molar-refractivity contribution in [2.45, 2.75) is 19.9 Å². The van der Waals surface area contributed by atoms with Gasteiger partial charge in [0.25, 0.3) is 0 Å². The molecule has 1 aliphatic heterocycles. The van der Waals surface area contributed by atoms with Gasteiger partial charge in [0.15, 0.2) is 0 Å². The Labute approximate surface area is 108 Å². The summed E-state index contributed by atoms with van der Waals surface area (Å²) in [6.45, 7) is 7.49. The molecule has 3 rings (SSSR count). The van der Waals surface area contributed by atoms with E-state index in [4.69, 9.17) is 0 Å². The molecule has 3 nitrogen and oxygen atoms in total. The van der Waals surface area contributed by atoms with Crippen LogP contribution in [0.5, 0.6) is 0 Å². The van der Waals surface area contributed by atoms with Gasteiger partial charge in [0.2, 0.25) is 0 Å². The van der Waals surface area contributed by atoms with E-state index in [0.717, 1.165) is 30.8 Å². The average molecular weight is 241 g/mol. The van der Waals surface area contributed by atoms with Gasteiger partial charge in [0.1, 0.15) is 0 Å². The lowest BCUT2D eigenvalue weighted by molar-refractivity contribution is 0.485. The molecule has 0 radical (unpaired) electrons. The maximum absolute atomic E-state index is 4.61. The average Bonchev–Trinajstić information content (AvgIpc) is 2.37. The first kappa shape index (κ1) is 11.5. The van der Waals surface area contributed by atoms with E-state index in [9.17, 15) is 0 Å². The molecule has 18 heavy (non-hydrogen) atoms. The van der Waals surface area contributed by atoms with Gasteiger partial charge < -0.3 is 10.2 Å². The first-order chi connectivity index (χ1) is 8.74. The number of piperazine rings is 1. The second-order valence-electron chi connectivity index (χ2n) is 5.10. The number of nitrogens with zero attached hydrogens (tertiary/aromatic N) is 2. The zero-order valence-electron chi connectivity index (χ0n) is 11.0. The Hall–Kier alpha value is -1.61. The molecule has 0 spiro atoms. The largest absolute Gasteiger partial charge is 0.368 e. The smallest absolute Gasteiger partial charge is 0.0726 e. The van der Waals surface area contributed by atoms with Gasteiger partial charge in [-0.25, -0.2) is 0 Å². The van der Waals surface area contributed by atoms with Crippen LogP contribution in [-0.2, 0) is 0 Å². The molecule has 3 heteroatoms. The molecule has 0 aliphatic carbocycles. The first-order valence-corrected chi connectivity index (χ1v) is 6.59. The molecule has 1 saturated heterocycles. The number of pyridine rings is 1. The SMILES string of the molecule is Cc1cc(N2CCN[C@H](C)C2)c2ccccc2n1. The summed E-state index contributed by atoms with van der Waals surface area (Å²) in [6.07, 6.45) is 0. The van der Waals surface area contributed by atoms with E-state index in [2.05, 4.69) is 59.4 Å². The summed E-state index contributed by atoms with van der Waals surface area (Å²) < 4.78 is 0. The second-order valence-corrected chi connectivity index (χ2v) is 5.10. The molecule has 0 unspecified atom stereocenters. The molecule has 2 heterocycles. The molecule has 0 amide bonds. The van der Waals surface area contributed by atoms with Gasteiger partial charge in [-0.05, 0) is 26.0 Å². The summed E-state index contributed by atoms with van der Waals surface area (Å²) in [7, 11) is 0. The van der Waals surface area contributed by atoms with E-state index >= 15 is 0 Å². The molecular formula is C15H19N3. The highest BCUT2D eigenvalue weighted by Crippen LogP contribution is 2.27. The summed E-state index contributed by atoms with van der Waals surface area (Å²) in [5, 5.41) is 4.75. The van der Waals surface area contributed by atoms with Crippen LogP contribution in [0, 0.1) is 6.92 Å². The summed E-state index contributed by atoms with van der Waals surface area (Å²) in [6, 6.07) is 11.2. The van der Waals surface area contributed by atoms with Crippen molar-refractivity contribution in [1.82, 2.24) is 10.3 Å². The van der Waals surface area contributed by atoms with Gasteiger partial charge in [-0.15, -0.1) is 0 Å². The highest BCUT2D eigenvalue weighted by molar-refractivity contribution is 5.92. The number of rotatable bonds is 1. The van der Waals surface area contributed by atoms with E-state index < -0.39 is 0 Å². The Bertz CT molecular complexity index is 565. The van der Waals surface area contributed by atoms with Crippen molar-refractivity contribution in [2.24, 2.45) is 0 Å². The normalized spacial score (nSPS) is 20.3. The fourth-order valence-electron chi connectivity index (χ4n) is 2.70. The standard InChI is InChI=1S/C15H19N3/c1-11-9-15(18-8-7-16-12(2)10-18)13-5-3-4-6-14(13)17-11/h3-6,9,12,16H,7-8,10H2,1-2H3/t12-/m1/s1. The third-order valence-electron chi connectivity index (χ3n) is 3.53. The monoisotopic (exact) mass is 241 g/mol. The van der Waals surface area contributed by atoms with Crippen LogP contribution in [0.2, 0.25) is 0 Å². The van der Waals surface area contributed by atoms with Gasteiger partial charge in [-0.3, -0.25) is 4.98 Å². The van der Waals surface area contributed by atoms with Gasteiger partial charge in [-0.2, -0.15) is 0 Å². The van der Waals surface area contributed by atoms with Crippen LogP contribution < -0.4 is 10.2 Å². The number of aryl methyl sites for hydroxylation is 1. The molecule has 1 aliphatic rings. The molecule has 1 aromatic carbocycles. The first-order valence-electron chi connectivity index (χ1n) is 6.59. The fourth-order valence-corrected chi connectivity index (χ4v) is 2.70. The van der Waals surface area contributed by atoms with Gasteiger partial charge in [0.05, 0.1) is 5.52 Å². The third-order valence-corrected chi connectivity index (χ3v) is 3.53. The van der Waals surface area contributed by atoms with E-state index in [1.807, 2.05) is 0 Å². The Balaban J connectivity index is 2.09. The van der Waals surface area contributed by atoms with Crippen LogP contribution in [-0.4, -0.2) is 30.7 Å². The third kappa shape index (κ3) is 2.06. The van der Waals surface area contributed by atoms with Crippen molar-refractivity contribution in [3.8, 4) is 0 Å². The number of benzene rings is 1. The number of nitrogens with one attached hydrogen (secondary N) is 1. The van der Waals surface area contributed by atoms with Crippen LogP contribution in [0.15, 0.2) is 30.3 Å². The zero-order valence-corrected chi connectivity index (χ0v) is 11.0. The number of para-hydroxylation sites is 1. The molecule has 94 valence electrons. The number of aromatic nitrogens is 1. The lowest BCUT2D eigenvalue weighted by Crippen LogP contribution is -2.49. The molecule has 0 bridgehead atoms. The fraction of sp³-hybridized carbons (Fsp3) is 0.400. The van der Waals surface area contributed by atoms with E-state index in [1.165, 1.54) is 11.1 Å². The Kier molecular flexibility index (Phi) is 2.92. The lowest BCUT2D eigenvalue weighted by Gasteiger charge is -2.34. The number of anilines is 1. The van der Waals surface area contributed by atoms with Crippen LogP contribution in [0.1, 0.15) is 12.6 Å². The molecule has 1 aromatic heterocycles. The highest BCUT2D eigenvalue weighted by atomic mass is 15.2. The highest BCUT2D eigenvalue weighted by Gasteiger charge is 2.18. The summed E-state index contributed by atoms with van der Waals surface area (Å²) in [5.41, 5.74) is 3.51. The molecule has 2 aromatic rings. The predicted octanol–water partition coefficient (Wildman–Crippen LogP) is 2.34. The van der Waals surface area contributed by atoms with Crippen molar-refractivity contribution in [1.29, 1.82) is 0 Å². The molecule has 1 fully saturated rings. The number of hydrogen-bond donors (Lipinski definition) is 1. The lowest BCUT2D eigenvalue weighted by atomic mass is 10.1. The molecular weight excluding hydrogens is 222 g/mol. The Morgan fingerprint density at radius 3 is 3.00 bits per heavy atom. The van der Waals surface area contributed by atoms with Crippen LogP contribution in [0.3, 0.4) is 0 Å². The predicted molar refractivity (Wildman–Crippen MR) is 76.2 cm³/mol.